The first-order valence-electron chi connectivity index (χ1n) is 11.4. The van der Waals surface area contributed by atoms with Gasteiger partial charge in [0.1, 0.15) is 5.82 Å². The molecule has 1 aromatic heterocycles. The topological polar surface area (TPSA) is 53.4 Å². The molecular weight excluding hydrogens is 393 g/mol. The average Bonchev–Trinajstić information content (AvgIpc) is 3.33. The monoisotopic (exact) mass is 427 g/mol. The third-order valence-corrected chi connectivity index (χ3v) is 7.16. The summed E-state index contributed by atoms with van der Waals surface area (Å²) >= 11 is 0. The largest absolute Gasteiger partial charge is 0.326 e. The van der Waals surface area contributed by atoms with Gasteiger partial charge >= 0.3 is 0 Å². The van der Waals surface area contributed by atoms with Crippen molar-refractivity contribution in [2.75, 3.05) is 32.0 Å². The summed E-state index contributed by atoms with van der Waals surface area (Å²) in [6.45, 7) is 9.15. The highest BCUT2D eigenvalue weighted by molar-refractivity contribution is 5.92. The van der Waals surface area contributed by atoms with E-state index in [1.165, 1.54) is 36.2 Å². The van der Waals surface area contributed by atoms with E-state index in [0.717, 1.165) is 39.1 Å². The molecule has 3 heterocycles. The van der Waals surface area contributed by atoms with E-state index in [1.54, 1.807) is 12.1 Å². The number of likely N-dealkylation sites (tertiary alicyclic amines) is 2. The Morgan fingerprint density at radius 3 is 2.58 bits per heavy atom. The van der Waals surface area contributed by atoms with Crippen LogP contribution in [0.2, 0.25) is 0 Å². The van der Waals surface area contributed by atoms with Crippen LogP contribution in [0.3, 0.4) is 0 Å². The van der Waals surface area contributed by atoms with Crippen molar-refractivity contribution in [2.45, 2.75) is 52.2 Å². The lowest BCUT2D eigenvalue weighted by Crippen LogP contribution is -2.41. The molecule has 2 aromatic rings. The number of amides is 1. The summed E-state index contributed by atoms with van der Waals surface area (Å²) in [5.74, 6) is 0.367. The van der Waals surface area contributed by atoms with Crippen LogP contribution in [-0.4, -0.2) is 58.2 Å². The number of piperidine rings is 1. The maximum atomic E-state index is 13.1. The van der Waals surface area contributed by atoms with Crippen LogP contribution in [0.15, 0.2) is 30.5 Å². The summed E-state index contributed by atoms with van der Waals surface area (Å²) in [5, 5.41) is 7.43. The zero-order chi connectivity index (χ0) is 22.0. The van der Waals surface area contributed by atoms with Gasteiger partial charge in [-0.1, -0.05) is 0 Å². The Kier molecular flexibility index (Phi) is 6.72. The molecule has 168 valence electrons. The number of halogens is 1. The van der Waals surface area contributed by atoms with E-state index in [2.05, 4.69) is 45.8 Å². The van der Waals surface area contributed by atoms with E-state index < -0.39 is 0 Å². The zero-order valence-electron chi connectivity index (χ0n) is 18.9. The van der Waals surface area contributed by atoms with Crippen molar-refractivity contribution in [1.82, 2.24) is 19.6 Å². The standard InChI is InChI=1S/C24H34FN5O/c1-4-30-17(2)20(14-26-30)16-29-11-9-18(10-12-29)23-13-19(15-28(23)3)24(31)27-22-7-5-21(25)6-8-22/h5-8,14,18-19,23H,4,9-13,15-16H2,1-3H3,(H,27,31). The van der Waals surface area contributed by atoms with E-state index in [9.17, 15) is 9.18 Å². The number of carbonyl (C=O) groups is 1. The fraction of sp³-hybridized carbons (Fsp3) is 0.583. The average molecular weight is 428 g/mol. The highest BCUT2D eigenvalue weighted by Gasteiger charge is 2.39. The number of nitrogens with one attached hydrogen (secondary N) is 1. The second-order valence-corrected chi connectivity index (χ2v) is 9.12. The highest BCUT2D eigenvalue weighted by Crippen LogP contribution is 2.34. The van der Waals surface area contributed by atoms with E-state index >= 15 is 0 Å². The fourth-order valence-electron chi connectivity index (χ4n) is 5.24. The SMILES string of the molecule is CCn1ncc(CN2CCC(C3CC(C(=O)Nc4ccc(F)cc4)CN3C)CC2)c1C. The van der Waals surface area contributed by atoms with Crippen molar-refractivity contribution in [2.24, 2.45) is 11.8 Å². The van der Waals surface area contributed by atoms with Crippen LogP contribution in [0, 0.1) is 24.6 Å². The number of benzene rings is 1. The molecule has 2 saturated heterocycles. The molecule has 31 heavy (non-hydrogen) atoms. The minimum Gasteiger partial charge on any atom is -0.326 e. The molecule has 2 aliphatic rings. The van der Waals surface area contributed by atoms with Gasteiger partial charge in [0.15, 0.2) is 0 Å². The maximum absolute atomic E-state index is 13.1. The van der Waals surface area contributed by atoms with Gasteiger partial charge in [-0.3, -0.25) is 14.4 Å². The number of hydrogen-bond donors (Lipinski definition) is 1. The number of aryl methyl sites for hydroxylation is 1. The predicted molar refractivity (Wildman–Crippen MR) is 120 cm³/mol. The van der Waals surface area contributed by atoms with Gasteiger partial charge in [0.25, 0.3) is 0 Å². The molecule has 2 atom stereocenters. The van der Waals surface area contributed by atoms with Crippen LogP contribution in [-0.2, 0) is 17.9 Å². The summed E-state index contributed by atoms with van der Waals surface area (Å²) in [4.78, 5) is 17.6. The molecule has 0 bridgehead atoms. The maximum Gasteiger partial charge on any atom is 0.228 e. The van der Waals surface area contributed by atoms with Gasteiger partial charge in [0, 0.05) is 42.6 Å². The van der Waals surface area contributed by atoms with Crippen LogP contribution in [0.25, 0.3) is 0 Å². The molecule has 0 radical (unpaired) electrons. The normalized spacial score (nSPS) is 23.4. The molecule has 0 spiro atoms. The van der Waals surface area contributed by atoms with E-state index in [1.807, 2.05) is 6.20 Å². The molecule has 2 aliphatic heterocycles. The first kappa shape index (κ1) is 22.0. The molecule has 7 heteroatoms. The highest BCUT2D eigenvalue weighted by atomic mass is 19.1. The van der Waals surface area contributed by atoms with Gasteiger partial charge in [-0.15, -0.1) is 0 Å². The molecule has 2 unspecified atom stereocenters. The second kappa shape index (κ2) is 9.49. The molecule has 6 nitrogen and oxygen atoms in total. The minimum atomic E-state index is -0.292. The van der Waals surface area contributed by atoms with Crippen molar-refractivity contribution in [3.63, 3.8) is 0 Å². The Morgan fingerprint density at radius 2 is 1.94 bits per heavy atom. The molecule has 4 rings (SSSR count). The molecular formula is C24H34FN5O. The summed E-state index contributed by atoms with van der Waals surface area (Å²) in [7, 11) is 2.14. The first-order valence-corrected chi connectivity index (χ1v) is 11.4. The van der Waals surface area contributed by atoms with Gasteiger partial charge in [0.05, 0.1) is 12.1 Å². The molecule has 1 amide bonds. The summed E-state index contributed by atoms with van der Waals surface area (Å²) < 4.78 is 15.2. The van der Waals surface area contributed by atoms with Crippen molar-refractivity contribution in [3.05, 3.63) is 47.5 Å². The van der Waals surface area contributed by atoms with E-state index in [-0.39, 0.29) is 17.6 Å². The third kappa shape index (κ3) is 4.99. The molecule has 1 N–H and O–H groups in total. The van der Waals surface area contributed by atoms with Crippen LogP contribution in [0.4, 0.5) is 10.1 Å². The Labute approximate surface area is 184 Å². The number of anilines is 1. The lowest BCUT2D eigenvalue weighted by Gasteiger charge is -2.37. The van der Waals surface area contributed by atoms with Gasteiger partial charge in [-0.05, 0) is 83.4 Å². The van der Waals surface area contributed by atoms with Gasteiger partial charge in [0.2, 0.25) is 5.91 Å². The molecule has 2 fully saturated rings. The number of hydrogen-bond acceptors (Lipinski definition) is 4. The summed E-state index contributed by atoms with van der Waals surface area (Å²) in [5.41, 5.74) is 3.26. The summed E-state index contributed by atoms with van der Waals surface area (Å²) in [6, 6.07) is 6.44. The first-order chi connectivity index (χ1) is 14.9. The number of aromatic nitrogens is 2. The quantitative estimate of drug-likeness (QED) is 0.766. The van der Waals surface area contributed by atoms with Crippen LogP contribution in [0.1, 0.15) is 37.4 Å². The van der Waals surface area contributed by atoms with Crippen LogP contribution >= 0.6 is 0 Å². The molecule has 1 aromatic carbocycles. The van der Waals surface area contributed by atoms with Crippen molar-refractivity contribution >= 4 is 11.6 Å². The van der Waals surface area contributed by atoms with Crippen molar-refractivity contribution < 1.29 is 9.18 Å². The molecule has 0 aliphatic carbocycles. The summed E-state index contributed by atoms with van der Waals surface area (Å²) in [6.07, 6.45) is 5.25. The predicted octanol–water partition coefficient (Wildman–Crippen LogP) is 3.52. The van der Waals surface area contributed by atoms with Gasteiger partial charge < -0.3 is 10.2 Å². The lowest BCUT2D eigenvalue weighted by molar-refractivity contribution is -0.119. The fourth-order valence-corrected chi connectivity index (χ4v) is 5.24. The third-order valence-electron chi connectivity index (χ3n) is 7.16. The number of rotatable bonds is 6. The molecule has 0 saturated carbocycles. The van der Waals surface area contributed by atoms with Gasteiger partial charge in [-0.2, -0.15) is 5.10 Å². The second-order valence-electron chi connectivity index (χ2n) is 9.12. The smallest absolute Gasteiger partial charge is 0.228 e. The van der Waals surface area contributed by atoms with Gasteiger partial charge in [-0.25, -0.2) is 4.39 Å². The van der Waals surface area contributed by atoms with Crippen molar-refractivity contribution in [1.29, 1.82) is 0 Å². The zero-order valence-corrected chi connectivity index (χ0v) is 18.9. The van der Waals surface area contributed by atoms with Crippen LogP contribution < -0.4 is 5.32 Å². The van der Waals surface area contributed by atoms with Crippen LogP contribution in [0.5, 0.6) is 0 Å². The Balaban J connectivity index is 1.28. The Hall–Kier alpha value is -2.25. The van der Waals surface area contributed by atoms with E-state index in [4.69, 9.17) is 0 Å². The van der Waals surface area contributed by atoms with E-state index in [0.29, 0.717) is 17.6 Å². The minimum absolute atomic E-state index is 0.0133. The Bertz CT molecular complexity index is 888. The lowest BCUT2D eigenvalue weighted by atomic mass is 9.86. The number of nitrogens with zero attached hydrogens (tertiary/aromatic N) is 4. The van der Waals surface area contributed by atoms with Crippen molar-refractivity contribution in [3.8, 4) is 0 Å². The number of carbonyl (C=O) groups excluding carboxylic acids is 1. The Morgan fingerprint density at radius 1 is 1.23 bits per heavy atom.